The number of aliphatic carboxylic acids is 1. The first kappa shape index (κ1) is 15.3. The number of halogens is 1. The van der Waals surface area contributed by atoms with Crippen LogP contribution in [0.1, 0.15) is 26.2 Å². The summed E-state index contributed by atoms with van der Waals surface area (Å²) in [7, 11) is 0. The highest BCUT2D eigenvalue weighted by molar-refractivity contribution is 5.92. The number of rotatable bonds is 6. The molecule has 0 bridgehead atoms. The van der Waals surface area contributed by atoms with E-state index in [1.54, 1.807) is 0 Å². The molecule has 0 aliphatic heterocycles. The van der Waals surface area contributed by atoms with Crippen LogP contribution in [-0.2, 0) is 4.79 Å². The molecule has 1 aliphatic rings. The third kappa shape index (κ3) is 4.18. The first-order valence-electron chi connectivity index (χ1n) is 7.06. The van der Waals surface area contributed by atoms with Gasteiger partial charge in [-0.05, 0) is 49.9 Å². The molecule has 1 saturated carbocycles. The van der Waals surface area contributed by atoms with Crippen molar-refractivity contribution in [2.24, 2.45) is 5.92 Å². The van der Waals surface area contributed by atoms with E-state index in [9.17, 15) is 14.0 Å². The summed E-state index contributed by atoms with van der Waals surface area (Å²) in [5.74, 6) is -1.04. The lowest BCUT2D eigenvalue weighted by molar-refractivity contribution is -0.137. The Hall–Kier alpha value is -2.11. The minimum atomic E-state index is -0.919. The Morgan fingerprint density at radius 2 is 2.00 bits per heavy atom. The van der Waals surface area contributed by atoms with Gasteiger partial charge in [-0.25, -0.2) is 9.18 Å². The van der Waals surface area contributed by atoms with E-state index in [-0.39, 0.29) is 30.2 Å². The number of carboxylic acids is 1. The van der Waals surface area contributed by atoms with Crippen molar-refractivity contribution in [3.63, 3.8) is 0 Å². The van der Waals surface area contributed by atoms with Gasteiger partial charge < -0.3 is 10.4 Å². The zero-order valence-electron chi connectivity index (χ0n) is 11.9. The van der Waals surface area contributed by atoms with E-state index in [1.807, 2.05) is 6.92 Å². The Morgan fingerprint density at radius 1 is 1.38 bits per heavy atom. The van der Waals surface area contributed by atoms with Crippen molar-refractivity contribution in [1.82, 2.24) is 5.32 Å². The number of carboxylic acid groups (broad SMARTS) is 1. The molecule has 5 nitrogen and oxygen atoms in total. The Labute approximate surface area is 122 Å². The fourth-order valence-corrected chi connectivity index (χ4v) is 2.32. The molecule has 21 heavy (non-hydrogen) atoms. The van der Waals surface area contributed by atoms with Gasteiger partial charge in [0.1, 0.15) is 5.82 Å². The van der Waals surface area contributed by atoms with Gasteiger partial charge in [0, 0.05) is 18.3 Å². The van der Waals surface area contributed by atoms with Crippen molar-refractivity contribution in [2.75, 3.05) is 11.4 Å². The van der Waals surface area contributed by atoms with E-state index in [2.05, 4.69) is 5.32 Å². The topological polar surface area (TPSA) is 69.6 Å². The number of benzene rings is 1. The van der Waals surface area contributed by atoms with Crippen LogP contribution in [0, 0.1) is 11.7 Å². The molecule has 0 spiro atoms. The van der Waals surface area contributed by atoms with Crippen molar-refractivity contribution in [3.05, 3.63) is 30.1 Å². The van der Waals surface area contributed by atoms with Crippen LogP contribution in [-0.4, -0.2) is 29.7 Å². The summed E-state index contributed by atoms with van der Waals surface area (Å²) in [6.45, 7) is 2.23. The quantitative estimate of drug-likeness (QED) is 0.847. The largest absolute Gasteiger partial charge is 0.481 e. The zero-order chi connectivity index (χ0) is 15.4. The van der Waals surface area contributed by atoms with Crippen molar-refractivity contribution in [1.29, 1.82) is 0 Å². The highest BCUT2D eigenvalue weighted by Gasteiger charge is 2.34. The second-order valence-electron chi connectivity index (χ2n) is 5.21. The number of urea groups is 1. The normalized spacial score (nSPS) is 15.3. The van der Waals surface area contributed by atoms with Crippen molar-refractivity contribution >= 4 is 17.7 Å². The van der Waals surface area contributed by atoms with Gasteiger partial charge in [-0.3, -0.25) is 9.69 Å². The van der Waals surface area contributed by atoms with Crippen LogP contribution in [0.5, 0.6) is 0 Å². The Kier molecular flexibility index (Phi) is 4.77. The van der Waals surface area contributed by atoms with Crippen LogP contribution in [0.4, 0.5) is 14.9 Å². The summed E-state index contributed by atoms with van der Waals surface area (Å²) in [4.78, 5) is 24.6. The number of nitrogens with one attached hydrogen (secondary N) is 1. The summed E-state index contributed by atoms with van der Waals surface area (Å²) in [5.41, 5.74) is 0.585. The summed E-state index contributed by atoms with van der Waals surface area (Å²) >= 11 is 0. The molecule has 1 aromatic rings. The molecular formula is C15H19FN2O3. The lowest BCUT2D eigenvalue weighted by Gasteiger charge is -2.25. The van der Waals surface area contributed by atoms with Crippen LogP contribution in [0.2, 0.25) is 0 Å². The Balaban J connectivity index is 2.04. The molecule has 0 heterocycles. The van der Waals surface area contributed by atoms with Crippen LogP contribution >= 0.6 is 0 Å². The molecule has 6 heteroatoms. The third-order valence-corrected chi connectivity index (χ3v) is 3.59. The zero-order valence-corrected chi connectivity index (χ0v) is 11.9. The lowest BCUT2D eigenvalue weighted by Crippen LogP contribution is -2.46. The molecule has 1 unspecified atom stereocenters. The molecule has 0 radical (unpaired) electrons. The van der Waals surface area contributed by atoms with Crippen LogP contribution in [0.25, 0.3) is 0 Å². The summed E-state index contributed by atoms with van der Waals surface area (Å²) in [5, 5.41) is 11.7. The van der Waals surface area contributed by atoms with Gasteiger partial charge >= 0.3 is 12.0 Å². The minimum absolute atomic E-state index is 0.0720. The Bertz CT molecular complexity index is 514. The minimum Gasteiger partial charge on any atom is -0.481 e. The number of carbonyl (C=O) groups is 2. The predicted octanol–water partition coefficient (Wildman–Crippen LogP) is 2.61. The summed E-state index contributed by atoms with van der Waals surface area (Å²) in [6.07, 6.45) is 1.82. The molecule has 2 N–H and O–H groups in total. The van der Waals surface area contributed by atoms with Gasteiger partial charge in [-0.15, -0.1) is 0 Å². The Morgan fingerprint density at radius 3 is 2.48 bits per heavy atom. The lowest BCUT2D eigenvalue weighted by atomic mass is 10.1. The number of nitrogens with zero attached hydrogens (tertiary/aromatic N) is 1. The monoisotopic (exact) mass is 294 g/mol. The fraction of sp³-hybridized carbons (Fsp3) is 0.467. The van der Waals surface area contributed by atoms with Crippen molar-refractivity contribution in [3.8, 4) is 0 Å². The first-order chi connectivity index (χ1) is 10.0. The number of anilines is 1. The van der Waals surface area contributed by atoms with Gasteiger partial charge in [0.15, 0.2) is 0 Å². The second-order valence-corrected chi connectivity index (χ2v) is 5.21. The molecule has 114 valence electrons. The molecule has 1 aromatic carbocycles. The second kappa shape index (κ2) is 6.56. The summed E-state index contributed by atoms with van der Waals surface area (Å²) in [6, 6.07) is 4.96. The van der Waals surface area contributed by atoms with Gasteiger partial charge in [0.05, 0.1) is 6.42 Å². The molecule has 2 rings (SSSR count). The molecule has 1 atom stereocenters. The predicted molar refractivity (Wildman–Crippen MR) is 76.7 cm³/mol. The molecule has 0 saturated heterocycles. The van der Waals surface area contributed by atoms with E-state index in [1.165, 1.54) is 29.2 Å². The van der Waals surface area contributed by atoms with E-state index >= 15 is 0 Å². The number of hydrogen-bond donors (Lipinski definition) is 2. The van der Waals surface area contributed by atoms with Crippen LogP contribution in [0.15, 0.2) is 24.3 Å². The molecular weight excluding hydrogens is 275 g/mol. The number of carbonyl (C=O) groups excluding carboxylic acids is 1. The number of amides is 2. The van der Waals surface area contributed by atoms with Crippen LogP contribution < -0.4 is 10.2 Å². The average Bonchev–Trinajstić information content (AvgIpc) is 3.25. The highest BCUT2D eigenvalue weighted by Crippen LogP contribution is 2.34. The first-order valence-corrected chi connectivity index (χ1v) is 7.06. The maximum absolute atomic E-state index is 12.9. The molecule has 1 aliphatic carbocycles. The number of hydrogen-bond acceptors (Lipinski definition) is 2. The average molecular weight is 294 g/mol. The molecule has 0 aromatic heterocycles. The van der Waals surface area contributed by atoms with E-state index in [0.29, 0.717) is 12.2 Å². The third-order valence-electron chi connectivity index (χ3n) is 3.59. The van der Waals surface area contributed by atoms with Gasteiger partial charge in [-0.2, -0.15) is 0 Å². The molecule has 1 fully saturated rings. The van der Waals surface area contributed by atoms with Gasteiger partial charge in [0.2, 0.25) is 0 Å². The maximum Gasteiger partial charge on any atom is 0.322 e. The van der Waals surface area contributed by atoms with Gasteiger partial charge in [-0.1, -0.05) is 0 Å². The van der Waals surface area contributed by atoms with Crippen molar-refractivity contribution in [2.45, 2.75) is 32.2 Å². The van der Waals surface area contributed by atoms with E-state index in [4.69, 9.17) is 5.11 Å². The summed E-state index contributed by atoms with van der Waals surface area (Å²) < 4.78 is 12.9. The SMILES string of the molecule is CCN(C(=O)NC(CC(=O)O)C1CC1)c1ccc(F)cc1. The van der Waals surface area contributed by atoms with E-state index in [0.717, 1.165) is 12.8 Å². The van der Waals surface area contributed by atoms with Crippen LogP contribution in [0.3, 0.4) is 0 Å². The maximum atomic E-state index is 12.9. The molecule has 2 amide bonds. The highest BCUT2D eigenvalue weighted by atomic mass is 19.1. The smallest absolute Gasteiger partial charge is 0.322 e. The van der Waals surface area contributed by atoms with Gasteiger partial charge in [0.25, 0.3) is 0 Å². The van der Waals surface area contributed by atoms with Crippen molar-refractivity contribution < 1.29 is 19.1 Å². The van der Waals surface area contributed by atoms with E-state index < -0.39 is 5.97 Å². The fourth-order valence-electron chi connectivity index (χ4n) is 2.32. The standard InChI is InChI=1S/C15H19FN2O3/c1-2-18(12-7-5-11(16)6-8-12)15(21)17-13(9-14(19)20)10-3-4-10/h5-8,10,13H,2-4,9H2,1H3,(H,17,21)(H,19,20).